The number of benzene rings is 2. The van der Waals surface area contributed by atoms with Gasteiger partial charge in [0.15, 0.2) is 5.13 Å². The average Bonchev–Trinajstić information content (AvgIpc) is 3.19. The number of thioether (sulfide) groups is 1. The van der Waals surface area contributed by atoms with Gasteiger partial charge in [0.25, 0.3) is 0 Å². The van der Waals surface area contributed by atoms with Crippen LogP contribution in [0.15, 0.2) is 65.7 Å². The first-order valence-electron chi connectivity index (χ1n) is 10.5. The van der Waals surface area contributed by atoms with Crippen LogP contribution < -0.4 is 4.90 Å². The molecule has 0 radical (unpaired) electrons. The van der Waals surface area contributed by atoms with Crippen LogP contribution in [-0.2, 0) is 11.3 Å². The third-order valence-electron chi connectivity index (χ3n) is 5.19. The van der Waals surface area contributed by atoms with Gasteiger partial charge in [0, 0.05) is 22.5 Å². The Balaban J connectivity index is 1.48. The third kappa shape index (κ3) is 5.68. The Morgan fingerprint density at radius 3 is 2.62 bits per heavy atom. The van der Waals surface area contributed by atoms with E-state index in [0.717, 1.165) is 43.1 Å². The molecular formula is C25H24ClN3OS2. The van der Waals surface area contributed by atoms with Crippen LogP contribution in [-0.4, -0.2) is 21.6 Å². The maximum atomic E-state index is 13.3. The minimum atomic E-state index is 0.0693. The number of pyridine rings is 1. The molecule has 0 unspecified atom stereocenters. The van der Waals surface area contributed by atoms with Crippen LogP contribution in [0.5, 0.6) is 0 Å². The summed E-state index contributed by atoms with van der Waals surface area (Å²) in [5, 5.41) is 1.46. The molecule has 2 aromatic heterocycles. The molecule has 0 atom stereocenters. The van der Waals surface area contributed by atoms with E-state index < -0.39 is 0 Å². The molecule has 32 heavy (non-hydrogen) atoms. The molecule has 2 heterocycles. The molecule has 0 spiro atoms. The van der Waals surface area contributed by atoms with E-state index >= 15 is 0 Å². The van der Waals surface area contributed by atoms with Crippen molar-refractivity contribution in [2.24, 2.45) is 0 Å². The third-order valence-corrected chi connectivity index (χ3v) is 7.58. The lowest BCUT2D eigenvalue weighted by molar-refractivity contribution is -0.118. The maximum absolute atomic E-state index is 13.3. The average molecular weight is 482 g/mol. The minimum Gasteiger partial charge on any atom is -0.282 e. The lowest BCUT2D eigenvalue weighted by Crippen LogP contribution is -2.30. The van der Waals surface area contributed by atoms with E-state index in [-0.39, 0.29) is 5.91 Å². The maximum Gasteiger partial charge on any atom is 0.229 e. The fourth-order valence-electron chi connectivity index (χ4n) is 3.28. The quantitative estimate of drug-likeness (QED) is 0.199. The number of carbonyl (C=O) groups is 1. The standard InChI is InChI=1S/C25H24ClN3OS2/c1-17-14-22-23(15-18(17)2)32-25(28-22)29(16-20-6-3-4-12-27-20)24(30)7-5-13-31-21-10-8-19(26)9-11-21/h3-4,6,8-12,14-15H,5,7,13,16H2,1-2H3. The number of hydrogen-bond donors (Lipinski definition) is 0. The molecule has 0 saturated heterocycles. The van der Waals surface area contributed by atoms with Crippen LogP contribution in [0.4, 0.5) is 5.13 Å². The van der Waals surface area contributed by atoms with Crippen molar-refractivity contribution in [1.82, 2.24) is 9.97 Å². The monoisotopic (exact) mass is 481 g/mol. The number of halogens is 1. The zero-order valence-corrected chi connectivity index (χ0v) is 20.4. The van der Waals surface area contributed by atoms with E-state index in [2.05, 4.69) is 31.0 Å². The van der Waals surface area contributed by atoms with Gasteiger partial charge in [0.2, 0.25) is 5.91 Å². The number of aryl methyl sites for hydroxylation is 2. The Hall–Kier alpha value is -2.41. The summed E-state index contributed by atoms with van der Waals surface area (Å²) in [6.07, 6.45) is 3.00. The van der Waals surface area contributed by atoms with Gasteiger partial charge in [-0.3, -0.25) is 14.7 Å². The molecule has 4 nitrogen and oxygen atoms in total. The SMILES string of the molecule is Cc1cc2nc(N(Cc3ccccn3)C(=O)CCCSc3ccc(Cl)cc3)sc2cc1C. The topological polar surface area (TPSA) is 46.1 Å². The fraction of sp³-hybridized carbons (Fsp3) is 0.240. The summed E-state index contributed by atoms with van der Waals surface area (Å²) in [4.78, 5) is 25.4. The van der Waals surface area contributed by atoms with Crippen LogP contribution in [0.3, 0.4) is 0 Å². The highest BCUT2D eigenvalue weighted by Gasteiger charge is 2.20. The van der Waals surface area contributed by atoms with Gasteiger partial charge in [-0.25, -0.2) is 4.98 Å². The molecule has 0 aliphatic carbocycles. The highest BCUT2D eigenvalue weighted by Crippen LogP contribution is 2.32. The van der Waals surface area contributed by atoms with Crippen molar-refractivity contribution in [3.63, 3.8) is 0 Å². The van der Waals surface area contributed by atoms with Crippen LogP contribution in [0.25, 0.3) is 10.2 Å². The zero-order chi connectivity index (χ0) is 22.5. The van der Waals surface area contributed by atoms with E-state index in [1.54, 1.807) is 34.2 Å². The first-order valence-corrected chi connectivity index (χ1v) is 12.6. The lowest BCUT2D eigenvalue weighted by atomic mass is 10.1. The number of amides is 1. The van der Waals surface area contributed by atoms with Crippen LogP contribution in [0, 0.1) is 13.8 Å². The Morgan fingerprint density at radius 2 is 1.88 bits per heavy atom. The summed E-state index contributed by atoms with van der Waals surface area (Å²) in [5.74, 6) is 0.933. The summed E-state index contributed by atoms with van der Waals surface area (Å²) in [7, 11) is 0. The summed E-state index contributed by atoms with van der Waals surface area (Å²) >= 11 is 9.25. The number of rotatable bonds is 8. The van der Waals surface area contributed by atoms with Gasteiger partial charge in [-0.2, -0.15) is 0 Å². The smallest absolute Gasteiger partial charge is 0.229 e. The second-order valence-electron chi connectivity index (χ2n) is 7.61. The van der Waals surface area contributed by atoms with Crippen molar-refractivity contribution in [2.75, 3.05) is 10.7 Å². The highest BCUT2D eigenvalue weighted by molar-refractivity contribution is 7.99. The Bertz CT molecular complexity index is 1170. The number of carbonyl (C=O) groups excluding carboxylic acids is 1. The fourth-order valence-corrected chi connectivity index (χ4v) is 5.32. The molecule has 7 heteroatoms. The number of nitrogens with zero attached hydrogens (tertiary/aromatic N) is 3. The zero-order valence-electron chi connectivity index (χ0n) is 18.0. The number of hydrogen-bond acceptors (Lipinski definition) is 5. The molecule has 1 amide bonds. The largest absolute Gasteiger partial charge is 0.282 e. The highest BCUT2D eigenvalue weighted by atomic mass is 35.5. The Morgan fingerprint density at radius 1 is 1.09 bits per heavy atom. The number of anilines is 1. The molecule has 0 bridgehead atoms. The van der Waals surface area contributed by atoms with E-state index in [9.17, 15) is 4.79 Å². The summed E-state index contributed by atoms with van der Waals surface area (Å²) in [5.41, 5.74) is 4.22. The summed E-state index contributed by atoms with van der Waals surface area (Å²) < 4.78 is 1.10. The molecule has 4 rings (SSSR count). The van der Waals surface area contributed by atoms with Crippen LogP contribution in [0.1, 0.15) is 29.7 Å². The van der Waals surface area contributed by atoms with E-state index in [1.807, 2.05) is 42.5 Å². The molecule has 0 saturated carbocycles. The molecule has 0 aliphatic rings. The van der Waals surface area contributed by atoms with Crippen molar-refractivity contribution in [2.45, 2.75) is 38.1 Å². The predicted octanol–water partition coefficient (Wildman–Crippen LogP) is 7.07. The van der Waals surface area contributed by atoms with Crippen molar-refractivity contribution in [1.29, 1.82) is 0 Å². The lowest BCUT2D eigenvalue weighted by Gasteiger charge is -2.19. The van der Waals surface area contributed by atoms with E-state index in [1.165, 1.54) is 11.1 Å². The Kier molecular flexibility index (Phi) is 7.45. The number of aromatic nitrogens is 2. The van der Waals surface area contributed by atoms with Gasteiger partial charge in [0.1, 0.15) is 0 Å². The van der Waals surface area contributed by atoms with E-state index in [4.69, 9.17) is 16.6 Å². The van der Waals surface area contributed by atoms with E-state index in [0.29, 0.717) is 13.0 Å². The predicted molar refractivity (Wildman–Crippen MR) is 136 cm³/mol. The van der Waals surface area contributed by atoms with Gasteiger partial charge in [0.05, 0.1) is 22.5 Å². The van der Waals surface area contributed by atoms with Gasteiger partial charge in [-0.05, 0) is 85.7 Å². The van der Waals surface area contributed by atoms with Crippen molar-refractivity contribution in [3.05, 3.63) is 82.6 Å². The van der Waals surface area contributed by atoms with Gasteiger partial charge >= 0.3 is 0 Å². The molecule has 164 valence electrons. The molecule has 0 N–H and O–H groups in total. The second kappa shape index (κ2) is 10.5. The van der Waals surface area contributed by atoms with Crippen molar-refractivity contribution < 1.29 is 4.79 Å². The first-order chi connectivity index (χ1) is 15.5. The summed E-state index contributed by atoms with van der Waals surface area (Å²) in [6.45, 7) is 4.61. The van der Waals surface area contributed by atoms with Crippen molar-refractivity contribution in [3.8, 4) is 0 Å². The van der Waals surface area contributed by atoms with Crippen LogP contribution in [0.2, 0.25) is 5.02 Å². The normalized spacial score (nSPS) is 11.1. The summed E-state index contributed by atoms with van der Waals surface area (Å²) in [6, 6.07) is 17.8. The number of fused-ring (bicyclic) bond motifs is 1. The first kappa shape index (κ1) is 22.8. The van der Waals surface area contributed by atoms with Crippen LogP contribution >= 0.6 is 34.7 Å². The van der Waals surface area contributed by atoms with Gasteiger partial charge in [-0.1, -0.05) is 29.0 Å². The van der Waals surface area contributed by atoms with Gasteiger partial charge in [-0.15, -0.1) is 11.8 Å². The molecule has 4 aromatic rings. The van der Waals surface area contributed by atoms with Crippen molar-refractivity contribution >= 4 is 56.0 Å². The number of thiazole rings is 1. The van der Waals surface area contributed by atoms with Gasteiger partial charge < -0.3 is 0 Å². The molecule has 0 fully saturated rings. The Labute approximate surface area is 201 Å². The second-order valence-corrected chi connectivity index (χ2v) is 10.2. The molecule has 2 aromatic carbocycles. The molecular weight excluding hydrogens is 458 g/mol. The molecule has 0 aliphatic heterocycles. The minimum absolute atomic E-state index is 0.0693.